The zero-order valence-electron chi connectivity index (χ0n) is 13.0. The first kappa shape index (κ1) is 18.3. The third kappa shape index (κ3) is 3.03. The number of nitrogens with two attached hydrogens (primary N) is 1. The summed E-state index contributed by atoms with van der Waals surface area (Å²) in [4.78, 5) is 37.5. The Labute approximate surface area is 149 Å². The number of aromatic carboxylic acids is 2. The Hall–Kier alpha value is -3.01. The number of ether oxygens (including phenoxy) is 2. The summed E-state index contributed by atoms with van der Waals surface area (Å²) < 4.78 is 10.7. The number of rotatable bonds is 5. The Balaban J connectivity index is 3.14. The second-order valence-electron chi connectivity index (χ2n) is 4.76. The fraction of sp³-hybridized carbons (Fsp3) is 0.133. The lowest BCUT2D eigenvalue weighted by Gasteiger charge is -2.18. The first-order valence-electron chi connectivity index (χ1n) is 6.67. The molecular weight excluding hydrogens is 400 g/mol. The Bertz CT molecular complexity index is 936. The summed E-state index contributed by atoms with van der Waals surface area (Å²) in [6.45, 7) is 0. The minimum absolute atomic E-state index is 0.0226. The molecule has 0 fully saturated rings. The number of H-pyrrole nitrogens is 1. The molecule has 0 spiro atoms. The van der Waals surface area contributed by atoms with Crippen LogP contribution >= 0.6 is 15.9 Å². The van der Waals surface area contributed by atoms with Gasteiger partial charge in [-0.3, -0.25) is 4.79 Å². The lowest BCUT2D eigenvalue weighted by molar-refractivity contribution is 0.0695. The number of hydrogen-bond acceptors (Lipinski definition) is 6. The molecule has 2 aromatic rings. The first-order valence-corrected chi connectivity index (χ1v) is 7.47. The molecule has 0 atom stereocenters. The fourth-order valence-corrected chi connectivity index (χ4v) is 2.94. The number of benzene rings is 1. The van der Waals surface area contributed by atoms with Crippen molar-refractivity contribution < 1.29 is 29.3 Å². The maximum Gasteiger partial charge on any atom is 0.342 e. The molecule has 0 saturated heterocycles. The van der Waals surface area contributed by atoms with Crippen LogP contribution in [-0.4, -0.2) is 41.4 Å². The Kier molecular flexibility index (Phi) is 5.02. The Morgan fingerprint density at radius 2 is 1.68 bits per heavy atom. The molecule has 0 aliphatic carbocycles. The highest BCUT2D eigenvalue weighted by Crippen LogP contribution is 2.45. The largest absolute Gasteiger partial charge is 0.493 e. The standard InChI is InChI=1S/C15H13BrN2O7/c1-24-6-4-3-5(16)7(11(6)25-2)8-9(14(20)21)12(17)18-13(19)10(8)15(22)23/h3-4H,1-2H3,(H,20,21)(H,22,23)(H3,17,18,19). The summed E-state index contributed by atoms with van der Waals surface area (Å²) in [7, 11) is 2.66. The molecule has 0 radical (unpaired) electrons. The van der Waals surface area contributed by atoms with Crippen molar-refractivity contribution in [2.24, 2.45) is 0 Å². The molecule has 0 aliphatic rings. The van der Waals surface area contributed by atoms with Crippen molar-refractivity contribution >= 4 is 33.7 Å². The van der Waals surface area contributed by atoms with Gasteiger partial charge in [-0.05, 0) is 12.1 Å². The molecule has 132 valence electrons. The summed E-state index contributed by atoms with van der Waals surface area (Å²) in [5.41, 5.74) is 2.88. The van der Waals surface area contributed by atoms with Crippen molar-refractivity contribution in [1.82, 2.24) is 4.98 Å². The SMILES string of the molecule is COc1ccc(Br)c(-c2c(C(=O)O)c(N)[nH]c(=O)c2C(=O)O)c1OC. The third-order valence-electron chi connectivity index (χ3n) is 3.42. The molecule has 0 bridgehead atoms. The van der Waals surface area contributed by atoms with Crippen molar-refractivity contribution in [2.45, 2.75) is 0 Å². The van der Waals surface area contributed by atoms with Gasteiger partial charge in [0.1, 0.15) is 16.9 Å². The molecule has 0 saturated carbocycles. The quantitative estimate of drug-likeness (QED) is 0.579. The van der Waals surface area contributed by atoms with Gasteiger partial charge >= 0.3 is 11.9 Å². The number of carboxylic acids is 2. The van der Waals surface area contributed by atoms with Crippen molar-refractivity contribution in [1.29, 1.82) is 0 Å². The number of nitrogens with one attached hydrogen (secondary N) is 1. The highest BCUT2D eigenvalue weighted by Gasteiger charge is 2.30. The number of pyridine rings is 1. The number of anilines is 1. The van der Waals surface area contributed by atoms with E-state index in [9.17, 15) is 24.6 Å². The second-order valence-corrected chi connectivity index (χ2v) is 5.62. The predicted octanol–water partition coefficient (Wildman–Crippen LogP) is 1.80. The van der Waals surface area contributed by atoms with E-state index in [1.54, 1.807) is 0 Å². The molecule has 0 unspecified atom stereocenters. The van der Waals surface area contributed by atoms with Crippen LogP contribution in [0.4, 0.5) is 5.82 Å². The molecule has 2 rings (SSSR count). The number of carboxylic acid groups (broad SMARTS) is 2. The lowest BCUT2D eigenvalue weighted by atomic mass is 9.94. The smallest absolute Gasteiger partial charge is 0.342 e. The van der Waals surface area contributed by atoms with Crippen LogP contribution in [0.2, 0.25) is 0 Å². The van der Waals surface area contributed by atoms with Gasteiger partial charge in [0, 0.05) is 15.6 Å². The van der Waals surface area contributed by atoms with E-state index < -0.39 is 34.4 Å². The van der Waals surface area contributed by atoms with Gasteiger partial charge in [0.2, 0.25) is 0 Å². The van der Waals surface area contributed by atoms with Crippen LogP contribution in [0.5, 0.6) is 11.5 Å². The predicted molar refractivity (Wildman–Crippen MR) is 91.6 cm³/mol. The van der Waals surface area contributed by atoms with E-state index in [-0.39, 0.29) is 22.6 Å². The normalized spacial score (nSPS) is 10.4. The Morgan fingerprint density at radius 1 is 1.08 bits per heavy atom. The molecule has 1 aromatic carbocycles. The summed E-state index contributed by atoms with van der Waals surface area (Å²) >= 11 is 3.23. The van der Waals surface area contributed by atoms with E-state index in [1.807, 2.05) is 4.98 Å². The van der Waals surface area contributed by atoms with Gasteiger partial charge in [-0.15, -0.1) is 0 Å². The van der Waals surface area contributed by atoms with E-state index in [4.69, 9.17) is 15.2 Å². The second kappa shape index (κ2) is 6.85. The van der Waals surface area contributed by atoms with Crippen molar-refractivity contribution in [2.75, 3.05) is 20.0 Å². The monoisotopic (exact) mass is 412 g/mol. The van der Waals surface area contributed by atoms with Gasteiger partial charge in [0.25, 0.3) is 5.56 Å². The van der Waals surface area contributed by atoms with E-state index in [1.165, 1.54) is 26.4 Å². The average Bonchev–Trinajstić information content (AvgIpc) is 2.52. The minimum atomic E-state index is -1.62. The number of halogens is 1. The Morgan fingerprint density at radius 3 is 2.16 bits per heavy atom. The zero-order chi connectivity index (χ0) is 18.9. The van der Waals surface area contributed by atoms with Crippen LogP contribution in [0, 0.1) is 0 Å². The number of carbonyl (C=O) groups is 2. The van der Waals surface area contributed by atoms with Gasteiger partial charge in [0.05, 0.1) is 14.2 Å². The van der Waals surface area contributed by atoms with Crippen LogP contribution in [0.15, 0.2) is 21.4 Å². The van der Waals surface area contributed by atoms with E-state index in [0.717, 1.165) is 0 Å². The maximum atomic E-state index is 12.1. The number of nitrogen functional groups attached to an aromatic ring is 1. The molecule has 5 N–H and O–H groups in total. The summed E-state index contributed by atoms with van der Waals surface area (Å²) in [6, 6.07) is 3.04. The topological polar surface area (TPSA) is 152 Å². The van der Waals surface area contributed by atoms with Crippen LogP contribution in [-0.2, 0) is 0 Å². The minimum Gasteiger partial charge on any atom is -0.493 e. The third-order valence-corrected chi connectivity index (χ3v) is 4.08. The van der Waals surface area contributed by atoms with Crippen LogP contribution in [0.1, 0.15) is 20.7 Å². The lowest BCUT2D eigenvalue weighted by Crippen LogP contribution is -2.24. The van der Waals surface area contributed by atoms with E-state index in [0.29, 0.717) is 4.47 Å². The van der Waals surface area contributed by atoms with Gasteiger partial charge in [-0.1, -0.05) is 15.9 Å². The van der Waals surface area contributed by atoms with Gasteiger partial charge in [0.15, 0.2) is 11.5 Å². The first-order chi connectivity index (χ1) is 11.7. The average molecular weight is 413 g/mol. The molecule has 25 heavy (non-hydrogen) atoms. The number of methoxy groups -OCH3 is 2. The van der Waals surface area contributed by atoms with Crippen molar-refractivity contribution in [3.8, 4) is 22.6 Å². The van der Waals surface area contributed by atoms with Gasteiger partial charge in [-0.2, -0.15) is 0 Å². The van der Waals surface area contributed by atoms with E-state index >= 15 is 0 Å². The van der Waals surface area contributed by atoms with Gasteiger partial charge < -0.3 is 30.4 Å². The zero-order valence-corrected chi connectivity index (χ0v) is 14.6. The molecule has 1 heterocycles. The van der Waals surface area contributed by atoms with Crippen LogP contribution < -0.4 is 20.8 Å². The van der Waals surface area contributed by atoms with Crippen molar-refractivity contribution in [3.05, 3.63) is 38.1 Å². The van der Waals surface area contributed by atoms with E-state index in [2.05, 4.69) is 15.9 Å². The molecule has 1 aromatic heterocycles. The maximum absolute atomic E-state index is 12.1. The molecule has 10 heteroatoms. The van der Waals surface area contributed by atoms with Crippen molar-refractivity contribution in [3.63, 3.8) is 0 Å². The van der Waals surface area contributed by atoms with Crippen LogP contribution in [0.3, 0.4) is 0 Å². The number of aromatic nitrogens is 1. The summed E-state index contributed by atoms with van der Waals surface area (Å²) in [6.07, 6.45) is 0. The molecule has 0 amide bonds. The molecular formula is C15H13BrN2O7. The van der Waals surface area contributed by atoms with Gasteiger partial charge in [-0.25, -0.2) is 9.59 Å². The summed E-state index contributed by atoms with van der Waals surface area (Å²) in [5.74, 6) is -3.34. The van der Waals surface area contributed by atoms with Crippen LogP contribution in [0.25, 0.3) is 11.1 Å². The highest BCUT2D eigenvalue weighted by molar-refractivity contribution is 9.10. The summed E-state index contributed by atoms with van der Waals surface area (Å²) in [5, 5.41) is 18.9. The highest BCUT2D eigenvalue weighted by atomic mass is 79.9. The number of aromatic amines is 1. The fourth-order valence-electron chi connectivity index (χ4n) is 2.43. The molecule has 9 nitrogen and oxygen atoms in total. The molecule has 0 aliphatic heterocycles. The number of hydrogen-bond donors (Lipinski definition) is 4.